The van der Waals surface area contributed by atoms with E-state index in [0.717, 1.165) is 30.3 Å². The molecule has 1 aromatic carbocycles. The van der Waals surface area contributed by atoms with Crippen LogP contribution in [0, 0.1) is 0 Å². The van der Waals surface area contributed by atoms with Crippen molar-refractivity contribution in [3.63, 3.8) is 0 Å². The lowest BCUT2D eigenvalue weighted by Gasteiger charge is -2.21. The third kappa shape index (κ3) is 4.34. The fourth-order valence-corrected chi connectivity index (χ4v) is 2.82. The first-order valence-electron chi connectivity index (χ1n) is 8.43. The maximum absolute atomic E-state index is 5.46. The van der Waals surface area contributed by atoms with Crippen molar-refractivity contribution in [1.29, 1.82) is 0 Å². The topological polar surface area (TPSA) is 50.3 Å². The van der Waals surface area contributed by atoms with E-state index >= 15 is 0 Å². The van der Waals surface area contributed by atoms with Crippen LogP contribution in [0.2, 0.25) is 0 Å². The van der Waals surface area contributed by atoms with Gasteiger partial charge in [0.2, 0.25) is 5.95 Å². The minimum absolute atomic E-state index is 0.635. The number of ether oxygens (including phenoxy) is 1. The SMILES string of the molecule is CCOc1ccc(Nc2nccc(N3CCCCCC3)n2)cc1. The number of aromatic nitrogens is 2. The molecule has 1 N–H and O–H groups in total. The summed E-state index contributed by atoms with van der Waals surface area (Å²) < 4.78 is 5.46. The molecule has 0 bridgehead atoms. The quantitative estimate of drug-likeness (QED) is 0.904. The minimum atomic E-state index is 0.635. The maximum atomic E-state index is 5.46. The molecule has 0 atom stereocenters. The predicted molar refractivity (Wildman–Crippen MR) is 93.6 cm³/mol. The van der Waals surface area contributed by atoms with E-state index < -0.39 is 0 Å². The summed E-state index contributed by atoms with van der Waals surface area (Å²) in [5.41, 5.74) is 0.960. The molecule has 2 aromatic rings. The lowest BCUT2D eigenvalue weighted by molar-refractivity contribution is 0.340. The van der Waals surface area contributed by atoms with Crippen LogP contribution in [0.3, 0.4) is 0 Å². The predicted octanol–water partition coefficient (Wildman–Crippen LogP) is 4.00. The molecule has 5 nitrogen and oxygen atoms in total. The summed E-state index contributed by atoms with van der Waals surface area (Å²) in [7, 11) is 0. The van der Waals surface area contributed by atoms with Gasteiger partial charge in [-0.25, -0.2) is 4.98 Å². The first-order valence-corrected chi connectivity index (χ1v) is 8.43. The average Bonchev–Trinajstić information content (AvgIpc) is 2.87. The van der Waals surface area contributed by atoms with Gasteiger partial charge in [0.1, 0.15) is 11.6 Å². The molecule has 0 amide bonds. The van der Waals surface area contributed by atoms with Gasteiger partial charge >= 0.3 is 0 Å². The Morgan fingerprint density at radius 3 is 2.48 bits per heavy atom. The first kappa shape index (κ1) is 15.6. The fraction of sp³-hybridized carbons (Fsp3) is 0.444. The number of nitrogens with one attached hydrogen (secondary N) is 1. The normalized spacial score (nSPS) is 15.1. The molecule has 0 spiro atoms. The van der Waals surface area contributed by atoms with Crippen molar-refractivity contribution >= 4 is 17.5 Å². The highest BCUT2D eigenvalue weighted by molar-refractivity contribution is 5.56. The van der Waals surface area contributed by atoms with E-state index in [0.29, 0.717) is 12.6 Å². The van der Waals surface area contributed by atoms with Gasteiger partial charge in [0.15, 0.2) is 0 Å². The van der Waals surface area contributed by atoms with Crippen molar-refractivity contribution in [1.82, 2.24) is 9.97 Å². The van der Waals surface area contributed by atoms with E-state index in [2.05, 4.69) is 20.2 Å². The van der Waals surface area contributed by atoms with E-state index in [4.69, 9.17) is 4.74 Å². The van der Waals surface area contributed by atoms with Crippen molar-refractivity contribution < 1.29 is 4.74 Å². The average molecular weight is 312 g/mol. The van der Waals surface area contributed by atoms with Gasteiger partial charge in [0.25, 0.3) is 0 Å². The lowest BCUT2D eigenvalue weighted by atomic mass is 10.2. The van der Waals surface area contributed by atoms with Gasteiger partial charge in [-0.05, 0) is 50.1 Å². The summed E-state index contributed by atoms with van der Waals surface area (Å²) in [6, 6.07) is 9.85. The van der Waals surface area contributed by atoms with Crippen molar-refractivity contribution in [3.8, 4) is 5.75 Å². The van der Waals surface area contributed by atoms with Gasteiger partial charge in [-0.1, -0.05) is 12.8 Å². The highest BCUT2D eigenvalue weighted by atomic mass is 16.5. The van der Waals surface area contributed by atoms with Gasteiger partial charge in [0.05, 0.1) is 6.61 Å². The molecule has 1 aliphatic rings. The van der Waals surface area contributed by atoms with Gasteiger partial charge < -0.3 is 15.0 Å². The Morgan fingerprint density at radius 2 is 1.78 bits per heavy atom. The van der Waals surface area contributed by atoms with Crippen molar-refractivity contribution in [2.75, 3.05) is 29.9 Å². The Morgan fingerprint density at radius 1 is 1.04 bits per heavy atom. The second-order valence-corrected chi connectivity index (χ2v) is 5.72. The molecular formula is C18H24N4O. The molecule has 23 heavy (non-hydrogen) atoms. The number of benzene rings is 1. The zero-order chi connectivity index (χ0) is 15.9. The maximum Gasteiger partial charge on any atom is 0.229 e. The highest BCUT2D eigenvalue weighted by Crippen LogP contribution is 2.21. The van der Waals surface area contributed by atoms with Crippen molar-refractivity contribution in [3.05, 3.63) is 36.5 Å². The van der Waals surface area contributed by atoms with Gasteiger partial charge in [-0.15, -0.1) is 0 Å². The molecule has 2 heterocycles. The van der Waals surface area contributed by atoms with Crippen LogP contribution in [0.5, 0.6) is 5.75 Å². The summed E-state index contributed by atoms with van der Waals surface area (Å²) in [5.74, 6) is 2.52. The number of nitrogens with zero attached hydrogens (tertiary/aromatic N) is 3. The second-order valence-electron chi connectivity index (χ2n) is 5.72. The van der Waals surface area contributed by atoms with Crippen LogP contribution in [0.4, 0.5) is 17.5 Å². The van der Waals surface area contributed by atoms with Gasteiger partial charge in [-0.3, -0.25) is 0 Å². The first-order chi connectivity index (χ1) is 11.3. The van der Waals surface area contributed by atoms with E-state index in [1.54, 1.807) is 0 Å². The van der Waals surface area contributed by atoms with Crippen LogP contribution in [-0.2, 0) is 0 Å². The van der Waals surface area contributed by atoms with Crippen LogP contribution in [0.1, 0.15) is 32.6 Å². The molecular weight excluding hydrogens is 288 g/mol. The summed E-state index contributed by atoms with van der Waals surface area (Å²) in [4.78, 5) is 11.4. The number of hydrogen-bond acceptors (Lipinski definition) is 5. The van der Waals surface area contributed by atoms with Crippen molar-refractivity contribution in [2.45, 2.75) is 32.6 Å². The Balaban J connectivity index is 1.69. The summed E-state index contributed by atoms with van der Waals surface area (Å²) in [6.45, 7) is 4.82. The number of anilines is 3. The Kier molecular flexibility index (Phi) is 5.29. The van der Waals surface area contributed by atoms with E-state index in [-0.39, 0.29) is 0 Å². The summed E-state index contributed by atoms with van der Waals surface area (Å²) in [6.07, 6.45) is 6.94. The Hall–Kier alpha value is -2.30. The Labute approximate surface area is 137 Å². The largest absolute Gasteiger partial charge is 0.494 e. The van der Waals surface area contributed by atoms with Crippen LogP contribution >= 0.6 is 0 Å². The van der Waals surface area contributed by atoms with Crippen LogP contribution in [0.25, 0.3) is 0 Å². The monoisotopic (exact) mass is 312 g/mol. The molecule has 122 valence electrons. The molecule has 0 radical (unpaired) electrons. The third-order valence-electron chi connectivity index (χ3n) is 3.99. The fourth-order valence-electron chi connectivity index (χ4n) is 2.82. The number of rotatable bonds is 5. The van der Waals surface area contributed by atoms with Crippen LogP contribution in [0.15, 0.2) is 36.5 Å². The van der Waals surface area contributed by atoms with Crippen molar-refractivity contribution in [2.24, 2.45) is 0 Å². The molecule has 5 heteroatoms. The van der Waals surface area contributed by atoms with Crippen LogP contribution in [-0.4, -0.2) is 29.7 Å². The molecule has 0 aliphatic carbocycles. The number of hydrogen-bond donors (Lipinski definition) is 1. The highest BCUT2D eigenvalue weighted by Gasteiger charge is 2.11. The summed E-state index contributed by atoms with van der Waals surface area (Å²) >= 11 is 0. The Bertz CT molecular complexity index is 607. The lowest BCUT2D eigenvalue weighted by Crippen LogP contribution is -2.25. The zero-order valence-corrected chi connectivity index (χ0v) is 13.7. The molecule has 1 aromatic heterocycles. The van der Waals surface area contributed by atoms with Gasteiger partial charge in [-0.2, -0.15) is 4.98 Å². The zero-order valence-electron chi connectivity index (χ0n) is 13.7. The molecule has 0 saturated carbocycles. The molecule has 1 aliphatic heterocycles. The molecule has 1 saturated heterocycles. The summed E-state index contributed by atoms with van der Waals surface area (Å²) in [5, 5.41) is 3.26. The van der Waals surface area contributed by atoms with E-state index in [9.17, 15) is 0 Å². The standard InChI is InChI=1S/C18H24N4O/c1-2-23-16-9-7-15(8-10-16)20-18-19-12-11-17(21-18)22-13-5-3-4-6-14-22/h7-12H,2-6,13-14H2,1H3,(H,19,20,21). The molecule has 0 unspecified atom stereocenters. The third-order valence-corrected chi connectivity index (χ3v) is 3.99. The molecule has 3 rings (SSSR count). The molecule has 1 fully saturated rings. The smallest absolute Gasteiger partial charge is 0.229 e. The minimum Gasteiger partial charge on any atom is -0.494 e. The second kappa shape index (κ2) is 7.81. The van der Waals surface area contributed by atoms with E-state index in [1.807, 2.05) is 43.5 Å². The van der Waals surface area contributed by atoms with Crippen LogP contribution < -0.4 is 15.0 Å². The van der Waals surface area contributed by atoms with Gasteiger partial charge in [0, 0.05) is 25.0 Å². The van der Waals surface area contributed by atoms with E-state index in [1.165, 1.54) is 25.7 Å².